The van der Waals surface area contributed by atoms with E-state index in [1.807, 2.05) is 57.2 Å². The number of carbonyl (C=O) groups excluding carboxylic acids is 1. The highest BCUT2D eigenvalue weighted by molar-refractivity contribution is 5.68. The number of benzene rings is 1. The third kappa shape index (κ3) is 3.91. The Kier molecular flexibility index (Phi) is 4.51. The second kappa shape index (κ2) is 6.59. The van der Waals surface area contributed by atoms with E-state index in [-0.39, 0.29) is 12.2 Å². The predicted octanol–water partition coefficient (Wildman–Crippen LogP) is 4.33. The molecule has 1 aliphatic heterocycles. The van der Waals surface area contributed by atoms with Gasteiger partial charge in [0.05, 0.1) is 18.4 Å². The second-order valence-corrected chi connectivity index (χ2v) is 6.93. The lowest BCUT2D eigenvalue weighted by atomic mass is 10.1. The molecule has 1 atom stereocenters. The standard InChI is InChI=1S/C19H23NO4/c1-19(2,3)24-18(21)20-11-10-14(13-20)23-17-8-5-4-7-15(17)16-9-6-12-22-16/h4-9,12,14H,10-11,13H2,1-3H3. The normalized spacial score (nSPS) is 17.8. The van der Waals surface area contributed by atoms with Gasteiger partial charge in [0.1, 0.15) is 23.2 Å². The fourth-order valence-corrected chi connectivity index (χ4v) is 2.70. The quantitative estimate of drug-likeness (QED) is 0.841. The first-order valence-corrected chi connectivity index (χ1v) is 8.20. The molecule has 1 aliphatic rings. The summed E-state index contributed by atoms with van der Waals surface area (Å²) in [5.74, 6) is 1.54. The van der Waals surface area contributed by atoms with Crippen molar-refractivity contribution in [2.45, 2.75) is 38.9 Å². The second-order valence-electron chi connectivity index (χ2n) is 6.93. The molecule has 0 spiro atoms. The Bertz CT molecular complexity index is 688. The number of hydrogen-bond donors (Lipinski definition) is 0. The van der Waals surface area contributed by atoms with Gasteiger partial charge in [-0.25, -0.2) is 4.79 Å². The molecule has 1 amide bonds. The number of ether oxygens (including phenoxy) is 2. The molecule has 1 aromatic carbocycles. The number of hydrogen-bond acceptors (Lipinski definition) is 4. The molecular weight excluding hydrogens is 306 g/mol. The van der Waals surface area contributed by atoms with Crippen LogP contribution in [-0.2, 0) is 4.74 Å². The minimum atomic E-state index is -0.484. The summed E-state index contributed by atoms with van der Waals surface area (Å²) >= 11 is 0. The van der Waals surface area contributed by atoms with Gasteiger partial charge in [-0.1, -0.05) is 12.1 Å². The van der Waals surface area contributed by atoms with Crippen LogP contribution in [0.3, 0.4) is 0 Å². The van der Waals surface area contributed by atoms with Crippen LogP contribution in [0, 0.1) is 0 Å². The molecule has 3 rings (SSSR count). The summed E-state index contributed by atoms with van der Waals surface area (Å²) in [5.41, 5.74) is 0.431. The average molecular weight is 329 g/mol. The van der Waals surface area contributed by atoms with Gasteiger partial charge in [0.25, 0.3) is 0 Å². The molecule has 0 saturated carbocycles. The summed E-state index contributed by atoms with van der Waals surface area (Å²) in [7, 11) is 0. The molecule has 1 unspecified atom stereocenters. The summed E-state index contributed by atoms with van der Waals surface area (Å²) in [6.45, 7) is 6.78. The van der Waals surface area contributed by atoms with E-state index in [1.54, 1.807) is 11.2 Å². The molecule has 0 N–H and O–H groups in total. The van der Waals surface area contributed by atoms with Crippen molar-refractivity contribution in [2.24, 2.45) is 0 Å². The molecular formula is C19H23NO4. The summed E-state index contributed by atoms with van der Waals surface area (Å²) in [4.78, 5) is 13.8. The number of carbonyl (C=O) groups is 1. The average Bonchev–Trinajstić information content (AvgIpc) is 3.17. The molecule has 5 nitrogen and oxygen atoms in total. The SMILES string of the molecule is CC(C)(C)OC(=O)N1CCC(Oc2ccccc2-c2ccco2)C1. The van der Waals surface area contributed by atoms with Gasteiger partial charge in [-0.05, 0) is 45.0 Å². The summed E-state index contributed by atoms with van der Waals surface area (Å²) in [6, 6.07) is 11.5. The summed E-state index contributed by atoms with van der Waals surface area (Å²) in [5, 5.41) is 0. The van der Waals surface area contributed by atoms with Crippen molar-refractivity contribution < 1.29 is 18.7 Å². The topological polar surface area (TPSA) is 51.9 Å². The number of rotatable bonds is 3. The number of para-hydroxylation sites is 1. The fourth-order valence-electron chi connectivity index (χ4n) is 2.70. The van der Waals surface area contributed by atoms with Crippen LogP contribution in [0.15, 0.2) is 47.1 Å². The van der Waals surface area contributed by atoms with Crippen LogP contribution in [0.25, 0.3) is 11.3 Å². The smallest absolute Gasteiger partial charge is 0.410 e. The number of furan rings is 1. The Labute approximate surface area is 142 Å². The third-order valence-electron chi connectivity index (χ3n) is 3.76. The molecule has 2 aromatic rings. The van der Waals surface area contributed by atoms with E-state index in [9.17, 15) is 4.79 Å². The number of amides is 1. The van der Waals surface area contributed by atoms with Gasteiger partial charge >= 0.3 is 6.09 Å². The highest BCUT2D eigenvalue weighted by Crippen LogP contribution is 2.32. The third-order valence-corrected chi connectivity index (χ3v) is 3.76. The zero-order valence-electron chi connectivity index (χ0n) is 14.3. The first-order valence-electron chi connectivity index (χ1n) is 8.20. The lowest BCUT2D eigenvalue weighted by Gasteiger charge is -2.24. The first kappa shape index (κ1) is 16.4. The van der Waals surface area contributed by atoms with Gasteiger partial charge in [0, 0.05) is 13.0 Å². The van der Waals surface area contributed by atoms with Crippen molar-refractivity contribution in [3.8, 4) is 17.1 Å². The summed E-state index contributed by atoms with van der Waals surface area (Å²) in [6.07, 6.45) is 2.10. The van der Waals surface area contributed by atoms with Gasteiger partial charge in [0.2, 0.25) is 0 Å². The largest absolute Gasteiger partial charge is 0.488 e. The van der Waals surface area contributed by atoms with Crippen molar-refractivity contribution in [1.29, 1.82) is 0 Å². The maximum atomic E-state index is 12.1. The van der Waals surface area contributed by atoms with Crippen LogP contribution in [0.2, 0.25) is 0 Å². The number of nitrogens with zero attached hydrogens (tertiary/aromatic N) is 1. The minimum absolute atomic E-state index is 0.0476. The van der Waals surface area contributed by atoms with Crippen LogP contribution in [0.1, 0.15) is 27.2 Å². The lowest BCUT2D eigenvalue weighted by molar-refractivity contribution is 0.0276. The zero-order valence-corrected chi connectivity index (χ0v) is 14.3. The maximum Gasteiger partial charge on any atom is 0.410 e. The van der Waals surface area contributed by atoms with Gasteiger partial charge in [-0.2, -0.15) is 0 Å². The van der Waals surface area contributed by atoms with Crippen LogP contribution in [0.5, 0.6) is 5.75 Å². The van der Waals surface area contributed by atoms with Crippen molar-refractivity contribution in [1.82, 2.24) is 4.90 Å². The Balaban J connectivity index is 1.65. The van der Waals surface area contributed by atoms with E-state index in [1.165, 1.54) is 0 Å². The summed E-state index contributed by atoms with van der Waals surface area (Å²) < 4.78 is 17.0. The molecule has 2 heterocycles. The molecule has 0 bridgehead atoms. The maximum absolute atomic E-state index is 12.1. The Morgan fingerprint density at radius 2 is 2.00 bits per heavy atom. The molecule has 128 valence electrons. The zero-order chi connectivity index (χ0) is 17.2. The van der Waals surface area contributed by atoms with Gasteiger partial charge in [0.15, 0.2) is 0 Å². The molecule has 24 heavy (non-hydrogen) atoms. The van der Waals surface area contributed by atoms with E-state index in [0.29, 0.717) is 13.1 Å². The molecule has 1 aromatic heterocycles. The van der Waals surface area contributed by atoms with Gasteiger partial charge in [-0.15, -0.1) is 0 Å². The minimum Gasteiger partial charge on any atom is -0.488 e. The lowest BCUT2D eigenvalue weighted by Crippen LogP contribution is -2.36. The Hall–Kier alpha value is -2.43. The van der Waals surface area contributed by atoms with Crippen molar-refractivity contribution in [3.63, 3.8) is 0 Å². The number of likely N-dealkylation sites (tertiary alicyclic amines) is 1. The van der Waals surface area contributed by atoms with Gasteiger partial charge in [-0.3, -0.25) is 0 Å². The fraction of sp³-hybridized carbons (Fsp3) is 0.421. The van der Waals surface area contributed by atoms with Crippen LogP contribution >= 0.6 is 0 Å². The van der Waals surface area contributed by atoms with Crippen LogP contribution in [0.4, 0.5) is 4.79 Å². The van der Waals surface area contributed by atoms with Crippen LogP contribution < -0.4 is 4.74 Å². The van der Waals surface area contributed by atoms with Crippen molar-refractivity contribution in [2.75, 3.05) is 13.1 Å². The van der Waals surface area contributed by atoms with Gasteiger partial charge < -0.3 is 18.8 Å². The van der Waals surface area contributed by atoms with E-state index in [4.69, 9.17) is 13.9 Å². The molecule has 0 aliphatic carbocycles. The van der Waals surface area contributed by atoms with E-state index in [0.717, 1.165) is 23.5 Å². The van der Waals surface area contributed by atoms with E-state index in [2.05, 4.69) is 0 Å². The van der Waals surface area contributed by atoms with E-state index >= 15 is 0 Å². The highest BCUT2D eigenvalue weighted by atomic mass is 16.6. The molecule has 1 saturated heterocycles. The van der Waals surface area contributed by atoms with Crippen LogP contribution in [-0.4, -0.2) is 35.8 Å². The van der Waals surface area contributed by atoms with Crippen molar-refractivity contribution in [3.05, 3.63) is 42.7 Å². The monoisotopic (exact) mass is 329 g/mol. The molecule has 5 heteroatoms. The first-order chi connectivity index (χ1) is 11.4. The highest BCUT2D eigenvalue weighted by Gasteiger charge is 2.31. The Morgan fingerprint density at radius 1 is 1.21 bits per heavy atom. The van der Waals surface area contributed by atoms with Crippen molar-refractivity contribution >= 4 is 6.09 Å². The van der Waals surface area contributed by atoms with E-state index < -0.39 is 5.60 Å². The molecule has 1 fully saturated rings. The molecule has 0 radical (unpaired) electrons. The Morgan fingerprint density at radius 3 is 2.71 bits per heavy atom. The predicted molar refractivity (Wildman–Crippen MR) is 91.0 cm³/mol.